The molecule has 0 bridgehead atoms. The normalized spacial score (nSPS) is 16.7. The zero-order chi connectivity index (χ0) is 22.4. The highest BCUT2D eigenvalue weighted by molar-refractivity contribution is 5.89. The predicted octanol–water partition coefficient (Wildman–Crippen LogP) is 2.06. The molecule has 1 aliphatic heterocycles. The number of H-pyrrole nitrogens is 1. The van der Waals surface area contributed by atoms with Crippen LogP contribution >= 0.6 is 0 Å². The SMILES string of the molecule is Cn1c(=O)c2ccc([C@@H]3CCCN(C(=O)Cc4c[nH]c5ccccc45)C3)nc2n(C)c1=O. The van der Waals surface area contributed by atoms with E-state index >= 15 is 0 Å². The molecule has 8 nitrogen and oxygen atoms in total. The van der Waals surface area contributed by atoms with Gasteiger partial charge in [-0.25, -0.2) is 9.78 Å². The van der Waals surface area contributed by atoms with E-state index < -0.39 is 5.69 Å². The van der Waals surface area contributed by atoms with Crippen molar-refractivity contribution in [3.05, 3.63) is 74.7 Å². The predicted molar refractivity (Wildman–Crippen MR) is 123 cm³/mol. The number of aryl methyl sites for hydroxylation is 1. The van der Waals surface area contributed by atoms with E-state index in [1.54, 1.807) is 13.1 Å². The highest BCUT2D eigenvalue weighted by atomic mass is 16.2. The molecule has 1 aromatic carbocycles. The monoisotopic (exact) mass is 431 g/mol. The number of hydrogen-bond acceptors (Lipinski definition) is 4. The molecule has 0 unspecified atom stereocenters. The molecule has 0 saturated carbocycles. The second-order valence-corrected chi connectivity index (χ2v) is 8.53. The molecule has 0 aliphatic carbocycles. The Hall–Kier alpha value is -3.68. The molecule has 8 heteroatoms. The summed E-state index contributed by atoms with van der Waals surface area (Å²) in [5.74, 6) is 0.167. The summed E-state index contributed by atoms with van der Waals surface area (Å²) in [5, 5.41) is 1.49. The van der Waals surface area contributed by atoms with E-state index in [1.165, 1.54) is 11.6 Å². The molecule has 1 saturated heterocycles. The fraction of sp³-hybridized carbons (Fsp3) is 0.333. The minimum absolute atomic E-state index is 0.0687. The maximum atomic E-state index is 13.1. The van der Waals surface area contributed by atoms with Crippen LogP contribution in [-0.2, 0) is 25.3 Å². The number of pyridine rings is 1. The molecule has 32 heavy (non-hydrogen) atoms. The van der Waals surface area contributed by atoms with Gasteiger partial charge >= 0.3 is 5.69 Å². The van der Waals surface area contributed by atoms with Gasteiger partial charge < -0.3 is 9.88 Å². The molecule has 1 amide bonds. The average molecular weight is 431 g/mol. The van der Waals surface area contributed by atoms with Crippen LogP contribution in [0, 0.1) is 0 Å². The van der Waals surface area contributed by atoms with E-state index in [4.69, 9.17) is 0 Å². The van der Waals surface area contributed by atoms with Crippen molar-refractivity contribution in [1.29, 1.82) is 0 Å². The quantitative estimate of drug-likeness (QED) is 0.537. The van der Waals surface area contributed by atoms with Gasteiger partial charge in [0.1, 0.15) is 5.65 Å². The number of para-hydroxylation sites is 1. The fourth-order valence-electron chi connectivity index (χ4n) is 4.69. The number of aromatic nitrogens is 4. The summed E-state index contributed by atoms with van der Waals surface area (Å²) in [6.07, 6.45) is 4.07. The van der Waals surface area contributed by atoms with E-state index in [-0.39, 0.29) is 17.4 Å². The molecule has 4 heterocycles. The summed E-state index contributed by atoms with van der Waals surface area (Å²) in [6, 6.07) is 11.6. The van der Waals surface area contributed by atoms with Crippen LogP contribution in [0.25, 0.3) is 21.9 Å². The first-order chi connectivity index (χ1) is 15.4. The summed E-state index contributed by atoms with van der Waals surface area (Å²) in [4.78, 5) is 47.6. The standard InChI is InChI=1S/C24H25N5O3/c1-27-22-18(23(31)28(2)24(27)32)9-10-19(26-22)15-6-5-11-29(14-15)21(30)12-16-13-25-20-8-4-3-7-17(16)20/h3-4,7-10,13,15,25H,5-6,11-12,14H2,1-2H3/t15-/m1/s1. The van der Waals surface area contributed by atoms with Crippen LogP contribution < -0.4 is 11.2 Å². The van der Waals surface area contributed by atoms with E-state index in [0.29, 0.717) is 24.0 Å². The third kappa shape index (κ3) is 3.32. The molecule has 164 valence electrons. The maximum Gasteiger partial charge on any atom is 0.332 e. The van der Waals surface area contributed by atoms with Crippen molar-refractivity contribution in [3.8, 4) is 0 Å². The summed E-state index contributed by atoms with van der Waals surface area (Å²) >= 11 is 0. The van der Waals surface area contributed by atoms with Crippen LogP contribution in [0.5, 0.6) is 0 Å². The number of amides is 1. The molecule has 5 rings (SSSR count). The number of nitrogens with zero attached hydrogens (tertiary/aromatic N) is 4. The molecule has 1 N–H and O–H groups in total. The van der Waals surface area contributed by atoms with Crippen molar-refractivity contribution in [2.75, 3.05) is 13.1 Å². The van der Waals surface area contributed by atoms with Crippen molar-refractivity contribution in [2.45, 2.75) is 25.2 Å². The minimum atomic E-state index is -0.397. The summed E-state index contributed by atoms with van der Waals surface area (Å²) in [7, 11) is 3.09. The number of carbonyl (C=O) groups excluding carboxylic acids is 1. The lowest BCUT2D eigenvalue weighted by atomic mass is 9.93. The molecule has 1 aliphatic rings. The Morgan fingerprint density at radius 1 is 1.09 bits per heavy atom. The Kier molecular flexibility index (Phi) is 4.92. The van der Waals surface area contributed by atoms with Crippen molar-refractivity contribution in [3.63, 3.8) is 0 Å². The highest BCUT2D eigenvalue weighted by Gasteiger charge is 2.26. The van der Waals surface area contributed by atoms with E-state index in [0.717, 1.165) is 46.1 Å². The van der Waals surface area contributed by atoms with Crippen LogP contribution in [0.2, 0.25) is 0 Å². The number of likely N-dealkylation sites (tertiary alicyclic amines) is 1. The van der Waals surface area contributed by atoms with Crippen molar-refractivity contribution in [1.82, 2.24) is 24.0 Å². The van der Waals surface area contributed by atoms with Gasteiger partial charge in [-0.2, -0.15) is 0 Å². The van der Waals surface area contributed by atoms with E-state index in [9.17, 15) is 14.4 Å². The lowest BCUT2D eigenvalue weighted by molar-refractivity contribution is -0.131. The first-order valence-corrected chi connectivity index (χ1v) is 10.8. The van der Waals surface area contributed by atoms with Crippen LogP contribution in [0.1, 0.15) is 30.0 Å². The Bertz CT molecular complexity index is 1460. The molecule has 3 aromatic heterocycles. The van der Waals surface area contributed by atoms with Gasteiger partial charge in [0.25, 0.3) is 5.56 Å². The molecular formula is C24H25N5O3. The van der Waals surface area contributed by atoms with Crippen molar-refractivity contribution < 1.29 is 4.79 Å². The van der Waals surface area contributed by atoms with E-state index in [2.05, 4.69) is 9.97 Å². The number of nitrogens with one attached hydrogen (secondary N) is 1. The highest BCUT2D eigenvalue weighted by Crippen LogP contribution is 2.27. The number of rotatable bonds is 3. The maximum absolute atomic E-state index is 13.1. The minimum Gasteiger partial charge on any atom is -0.361 e. The van der Waals surface area contributed by atoms with Crippen LogP contribution in [0.3, 0.4) is 0 Å². The zero-order valence-corrected chi connectivity index (χ0v) is 18.2. The average Bonchev–Trinajstić information content (AvgIpc) is 3.24. The Morgan fingerprint density at radius 2 is 1.91 bits per heavy atom. The Balaban J connectivity index is 1.40. The zero-order valence-electron chi connectivity index (χ0n) is 18.2. The Labute approximate surface area is 184 Å². The molecule has 1 atom stereocenters. The molecular weight excluding hydrogens is 406 g/mol. The van der Waals surface area contributed by atoms with Crippen LogP contribution in [0.15, 0.2) is 52.2 Å². The van der Waals surface area contributed by atoms with Crippen LogP contribution in [-0.4, -0.2) is 43.0 Å². The number of fused-ring (bicyclic) bond motifs is 2. The lowest BCUT2D eigenvalue weighted by Crippen LogP contribution is -2.40. The van der Waals surface area contributed by atoms with Gasteiger partial charge in [0.2, 0.25) is 5.91 Å². The topological polar surface area (TPSA) is 93.0 Å². The summed E-state index contributed by atoms with van der Waals surface area (Å²) in [6.45, 7) is 1.31. The van der Waals surface area contributed by atoms with Gasteiger partial charge in [-0.3, -0.25) is 18.7 Å². The largest absolute Gasteiger partial charge is 0.361 e. The number of hydrogen-bond donors (Lipinski definition) is 1. The molecule has 0 radical (unpaired) electrons. The van der Waals surface area contributed by atoms with Gasteiger partial charge in [-0.15, -0.1) is 0 Å². The first-order valence-electron chi connectivity index (χ1n) is 10.8. The van der Waals surface area contributed by atoms with Crippen LogP contribution in [0.4, 0.5) is 0 Å². The molecule has 0 spiro atoms. The second kappa shape index (κ2) is 7.78. The van der Waals surface area contributed by atoms with Gasteiger partial charge in [0.05, 0.1) is 11.8 Å². The second-order valence-electron chi connectivity index (χ2n) is 8.53. The Morgan fingerprint density at radius 3 is 2.75 bits per heavy atom. The summed E-state index contributed by atoms with van der Waals surface area (Å²) in [5.41, 5.74) is 2.49. The number of benzene rings is 1. The third-order valence-electron chi connectivity index (χ3n) is 6.53. The van der Waals surface area contributed by atoms with Gasteiger partial charge in [-0.1, -0.05) is 18.2 Å². The molecule has 1 fully saturated rings. The summed E-state index contributed by atoms with van der Waals surface area (Å²) < 4.78 is 2.50. The van der Waals surface area contributed by atoms with Crippen molar-refractivity contribution >= 4 is 27.8 Å². The van der Waals surface area contributed by atoms with Crippen molar-refractivity contribution in [2.24, 2.45) is 14.1 Å². The first kappa shape index (κ1) is 20.2. The van der Waals surface area contributed by atoms with E-state index in [1.807, 2.05) is 41.4 Å². The smallest absolute Gasteiger partial charge is 0.332 e. The lowest BCUT2D eigenvalue weighted by Gasteiger charge is -2.32. The van der Waals surface area contributed by atoms with Gasteiger partial charge in [0.15, 0.2) is 0 Å². The van der Waals surface area contributed by atoms with Gasteiger partial charge in [-0.05, 0) is 36.6 Å². The number of aromatic amines is 1. The fourth-order valence-corrected chi connectivity index (χ4v) is 4.69. The number of carbonyl (C=O) groups is 1. The third-order valence-corrected chi connectivity index (χ3v) is 6.53. The van der Waals surface area contributed by atoms with Gasteiger partial charge in [0, 0.05) is 55.9 Å². The molecule has 4 aromatic rings. The number of piperidine rings is 1.